The molecule has 2 rings (SSSR count). The average Bonchev–Trinajstić information content (AvgIpc) is 2.38. The van der Waals surface area contributed by atoms with E-state index in [0.717, 1.165) is 6.07 Å². The van der Waals surface area contributed by atoms with Gasteiger partial charge in [0.1, 0.15) is 0 Å². The number of carbonyl (C=O) groups excluding carboxylic acids is 1. The quantitative estimate of drug-likeness (QED) is 0.493. The Kier molecular flexibility index (Phi) is 3.78. The summed E-state index contributed by atoms with van der Waals surface area (Å²) in [4.78, 5) is 26.2. The summed E-state index contributed by atoms with van der Waals surface area (Å²) in [6.45, 7) is 0. The van der Waals surface area contributed by atoms with E-state index in [-0.39, 0.29) is 21.3 Å². The molecule has 0 aliphatic carbocycles. The lowest BCUT2D eigenvalue weighted by atomic mass is 10.1. The number of aromatic nitrogens is 1. The molecule has 0 saturated carbocycles. The van der Waals surface area contributed by atoms with Crippen molar-refractivity contribution < 1.29 is 9.72 Å². The fourth-order valence-electron chi connectivity index (χ4n) is 1.52. The van der Waals surface area contributed by atoms with E-state index in [1.54, 1.807) is 12.1 Å². The zero-order valence-corrected chi connectivity index (χ0v) is 10.9. The van der Waals surface area contributed by atoms with E-state index in [2.05, 4.69) is 4.98 Å². The molecule has 19 heavy (non-hydrogen) atoms. The largest absolute Gasteiger partial charge is 0.300 e. The number of rotatable bonds is 3. The lowest BCUT2D eigenvalue weighted by Crippen LogP contribution is -2.08. The Labute approximate surface area is 117 Å². The van der Waals surface area contributed by atoms with Gasteiger partial charge in [-0.2, -0.15) is 0 Å². The molecule has 0 saturated heterocycles. The Morgan fingerprint density at radius 3 is 2.58 bits per heavy atom. The van der Waals surface area contributed by atoms with E-state index < -0.39 is 16.4 Å². The van der Waals surface area contributed by atoms with Crippen LogP contribution in [0.4, 0.5) is 5.69 Å². The van der Waals surface area contributed by atoms with Crippen molar-refractivity contribution in [3.8, 4) is 0 Å². The Morgan fingerprint density at radius 1 is 1.26 bits per heavy atom. The van der Waals surface area contributed by atoms with Crippen molar-refractivity contribution in [3.05, 3.63) is 67.9 Å². The molecular formula is C12H6Cl2N2O3. The van der Waals surface area contributed by atoms with Crippen LogP contribution in [0.3, 0.4) is 0 Å². The summed E-state index contributed by atoms with van der Waals surface area (Å²) in [7, 11) is 0. The van der Waals surface area contributed by atoms with Crippen LogP contribution < -0.4 is 0 Å². The van der Waals surface area contributed by atoms with E-state index in [1.807, 2.05) is 0 Å². The minimum Gasteiger partial charge on any atom is -0.287 e. The van der Waals surface area contributed by atoms with Gasteiger partial charge in [0.2, 0.25) is 5.78 Å². The molecule has 0 aliphatic heterocycles. The van der Waals surface area contributed by atoms with E-state index in [4.69, 9.17) is 23.2 Å². The number of pyridine rings is 1. The smallest absolute Gasteiger partial charge is 0.287 e. The molecule has 0 spiro atoms. The van der Waals surface area contributed by atoms with Crippen molar-refractivity contribution in [2.45, 2.75) is 0 Å². The first kappa shape index (κ1) is 13.5. The Hall–Kier alpha value is -1.98. The van der Waals surface area contributed by atoms with Gasteiger partial charge < -0.3 is 0 Å². The molecule has 0 fully saturated rings. The van der Waals surface area contributed by atoms with E-state index >= 15 is 0 Å². The lowest BCUT2D eigenvalue weighted by molar-refractivity contribution is -0.385. The maximum atomic E-state index is 12.2. The number of nitrogens with zero attached hydrogens (tertiary/aromatic N) is 2. The van der Waals surface area contributed by atoms with Crippen LogP contribution in [0.25, 0.3) is 0 Å². The van der Waals surface area contributed by atoms with Gasteiger partial charge in [0, 0.05) is 17.8 Å². The fraction of sp³-hybridized carbons (Fsp3) is 0. The predicted molar refractivity (Wildman–Crippen MR) is 70.8 cm³/mol. The molecule has 0 N–H and O–H groups in total. The van der Waals surface area contributed by atoms with E-state index in [1.165, 1.54) is 18.3 Å². The van der Waals surface area contributed by atoms with Gasteiger partial charge >= 0.3 is 0 Å². The van der Waals surface area contributed by atoms with E-state index in [0.29, 0.717) is 0 Å². The second-order valence-corrected chi connectivity index (χ2v) is 4.43. The highest BCUT2D eigenvalue weighted by atomic mass is 35.5. The highest BCUT2D eigenvalue weighted by Crippen LogP contribution is 2.25. The molecule has 0 bridgehead atoms. The number of ketones is 1. The van der Waals surface area contributed by atoms with Crippen molar-refractivity contribution in [1.82, 2.24) is 4.98 Å². The number of halogens is 2. The lowest BCUT2D eigenvalue weighted by Gasteiger charge is -2.03. The van der Waals surface area contributed by atoms with E-state index in [9.17, 15) is 14.9 Å². The van der Waals surface area contributed by atoms with Gasteiger partial charge in [-0.3, -0.25) is 14.9 Å². The summed E-state index contributed by atoms with van der Waals surface area (Å²) in [6, 6.07) is 7.35. The van der Waals surface area contributed by atoms with Crippen LogP contribution in [-0.4, -0.2) is 15.7 Å². The Bertz CT molecular complexity index is 674. The number of hydrogen-bond acceptors (Lipinski definition) is 4. The van der Waals surface area contributed by atoms with Gasteiger partial charge in [0.25, 0.3) is 5.69 Å². The molecule has 0 amide bonds. The Morgan fingerprint density at radius 2 is 1.95 bits per heavy atom. The molecule has 0 atom stereocenters. The maximum absolute atomic E-state index is 12.2. The first-order valence-electron chi connectivity index (χ1n) is 5.10. The van der Waals surface area contributed by atoms with Crippen LogP contribution in [0.5, 0.6) is 0 Å². The summed E-state index contributed by atoms with van der Waals surface area (Å²) in [5.74, 6) is -0.617. The predicted octanol–water partition coefficient (Wildman–Crippen LogP) is 3.53. The van der Waals surface area contributed by atoms with Crippen molar-refractivity contribution in [2.24, 2.45) is 0 Å². The molecule has 1 aromatic carbocycles. The standard InChI is InChI=1S/C12H6Cl2N2O3/c13-7-5-10(16(18)19)11(15-6-7)12(17)8-3-1-2-4-9(8)14/h1-6H. The first-order chi connectivity index (χ1) is 9.00. The third kappa shape index (κ3) is 2.72. The number of hydrogen-bond donors (Lipinski definition) is 0. The molecule has 2 aromatic rings. The molecule has 1 aromatic heterocycles. The van der Waals surface area contributed by atoms with Crippen LogP contribution in [0, 0.1) is 10.1 Å². The van der Waals surface area contributed by atoms with Gasteiger partial charge in [0.15, 0.2) is 5.69 Å². The molecule has 1 heterocycles. The topological polar surface area (TPSA) is 73.1 Å². The highest BCUT2D eigenvalue weighted by Gasteiger charge is 2.24. The van der Waals surface area contributed by atoms with Crippen molar-refractivity contribution >= 4 is 34.7 Å². The maximum Gasteiger partial charge on any atom is 0.300 e. The second-order valence-electron chi connectivity index (χ2n) is 3.59. The summed E-state index contributed by atoms with van der Waals surface area (Å²) in [6.07, 6.45) is 1.18. The normalized spacial score (nSPS) is 10.2. The minimum absolute atomic E-state index is 0.0856. The summed E-state index contributed by atoms with van der Waals surface area (Å²) in [5.41, 5.74) is -0.581. The summed E-state index contributed by atoms with van der Waals surface area (Å²) < 4.78 is 0. The van der Waals surface area contributed by atoms with Gasteiger partial charge in [-0.05, 0) is 12.1 Å². The van der Waals surface area contributed by atoms with Crippen LogP contribution in [0.1, 0.15) is 16.1 Å². The minimum atomic E-state index is -0.705. The Balaban J connectivity index is 2.57. The third-order valence-electron chi connectivity index (χ3n) is 2.36. The first-order valence-corrected chi connectivity index (χ1v) is 5.85. The molecule has 96 valence electrons. The summed E-state index contributed by atoms with van der Waals surface area (Å²) >= 11 is 11.5. The zero-order valence-electron chi connectivity index (χ0n) is 9.34. The van der Waals surface area contributed by atoms with Gasteiger partial charge in [0.05, 0.1) is 15.0 Å². The zero-order chi connectivity index (χ0) is 14.0. The van der Waals surface area contributed by atoms with Crippen LogP contribution in [0.15, 0.2) is 36.5 Å². The molecule has 0 unspecified atom stereocenters. The van der Waals surface area contributed by atoms with Gasteiger partial charge in [-0.15, -0.1) is 0 Å². The third-order valence-corrected chi connectivity index (χ3v) is 2.90. The fourth-order valence-corrected chi connectivity index (χ4v) is 1.89. The molecule has 7 heteroatoms. The van der Waals surface area contributed by atoms with Crippen LogP contribution in [0.2, 0.25) is 10.0 Å². The van der Waals surface area contributed by atoms with Crippen LogP contribution >= 0.6 is 23.2 Å². The molecular weight excluding hydrogens is 291 g/mol. The molecule has 0 aliphatic rings. The molecule has 5 nitrogen and oxygen atoms in total. The number of nitro groups is 1. The van der Waals surface area contributed by atoms with Gasteiger partial charge in [-0.25, -0.2) is 4.98 Å². The highest BCUT2D eigenvalue weighted by molar-refractivity contribution is 6.35. The van der Waals surface area contributed by atoms with Crippen molar-refractivity contribution in [2.75, 3.05) is 0 Å². The average molecular weight is 297 g/mol. The molecule has 0 radical (unpaired) electrons. The van der Waals surface area contributed by atoms with Gasteiger partial charge in [-0.1, -0.05) is 35.3 Å². The second kappa shape index (κ2) is 5.34. The number of benzene rings is 1. The summed E-state index contributed by atoms with van der Waals surface area (Å²) in [5, 5.41) is 11.2. The number of carbonyl (C=O) groups is 1. The van der Waals surface area contributed by atoms with Crippen LogP contribution in [-0.2, 0) is 0 Å². The monoisotopic (exact) mass is 296 g/mol. The SMILES string of the molecule is O=C(c1ccccc1Cl)c1ncc(Cl)cc1[N+](=O)[O-]. The van der Waals surface area contributed by atoms with Crippen molar-refractivity contribution in [3.63, 3.8) is 0 Å². The van der Waals surface area contributed by atoms with Crippen molar-refractivity contribution in [1.29, 1.82) is 0 Å².